The molecule has 0 saturated heterocycles. The Morgan fingerprint density at radius 2 is 1.95 bits per heavy atom. The Balaban J connectivity index is 2.05. The van der Waals surface area contributed by atoms with Crippen molar-refractivity contribution < 1.29 is 0 Å². The quantitative estimate of drug-likeness (QED) is 0.786. The molecule has 0 aliphatic heterocycles. The van der Waals surface area contributed by atoms with Gasteiger partial charge in [-0.3, -0.25) is 9.78 Å². The first-order chi connectivity index (χ1) is 9.78. The van der Waals surface area contributed by atoms with E-state index in [1.54, 1.807) is 30.1 Å². The van der Waals surface area contributed by atoms with Gasteiger partial charge in [-0.2, -0.15) is 0 Å². The summed E-state index contributed by atoms with van der Waals surface area (Å²) in [5.41, 5.74) is 1.62. The molecular formula is C15H14N4O. The number of benzene rings is 1. The molecule has 3 rings (SSSR count). The van der Waals surface area contributed by atoms with Crippen LogP contribution in [0.2, 0.25) is 0 Å². The Hall–Kier alpha value is -2.69. The summed E-state index contributed by atoms with van der Waals surface area (Å²) in [6, 6.07) is 11.2. The maximum atomic E-state index is 12.1. The average Bonchev–Trinajstić information content (AvgIpc) is 2.51. The van der Waals surface area contributed by atoms with Crippen LogP contribution in [0.3, 0.4) is 0 Å². The van der Waals surface area contributed by atoms with E-state index in [4.69, 9.17) is 0 Å². The average molecular weight is 266 g/mol. The molecule has 0 aliphatic carbocycles. The number of fused-ring (bicyclic) bond motifs is 1. The third-order valence-electron chi connectivity index (χ3n) is 3.18. The van der Waals surface area contributed by atoms with Crippen molar-refractivity contribution in [3.8, 4) is 0 Å². The number of para-hydroxylation sites is 1. The third kappa shape index (κ3) is 2.25. The van der Waals surface area contributed by atoms with Crippen molar-refractivity contribution in [2.45, 2.75) is 6.54 Å². The lowest BCUT2D eigenvalue weighted by molar-refractivity contribution is 0.766. The van der Waals surface area contributed by atoms with Crippen molar-refractivity contribution >= 4 is 16.7 Å². The van der Waals surface area contributed by atoms with Gasteiger partial charge in [0.2, 0.25) is 0 Å². The van der Waals surface area contributed by atoms with Gasteiger partial charge in [-0.1, -0.05) is 18.2 Å². The molecule has 20 heavy (non-hydrogen) atoms. The highest BCUT2D eigenvalue weighted by Crippen LogP contribution is 2.12. The van der Waals surface area contributed by atoms with Crippen LogP contribution in [0.4, 0.5) is 5.82 Å². The van der Waals surface area contributed by atoms with Gasteiger partial charge in [0.25, 0.3) is 5.56 Å². The highest BCUT2D eigenvalue weighted by Gasteiger charge is 2.04. The minimum Gasteiger partial charge on any atom is -0.372 e. The molecule has 0 atom stereocenters. The second-order valence-electron chi connectivity index (χ2n) is 4.46. The van der Waals surface area contributed by atoms with E-state index in [2.05, 4.69) is 15.3 Å². The molecule has 5 nitrogen and oxygen atoms in total. The van der Waals surface area contributed by atoms with E-state index in [-0.39, 0.29) is 5.56 Å². The number of rotatable bonds is 3. The Labute approximate surface area is 115 Å². The normalized spacial score (nSPS) is 10.7. The summed E-state index contributed by atoms with van der Waals surface area (Å²) < 4.78 is 1.71. The van der Waals surface area contributed by atoms with E-state index in [0.717, 1.165) is 16.6 Å². The molecular weight excluding hydrogens is 252 g/mol. The van der Waals surface area contributed by atoms with Crippen LogP contribution in [0.5, 0.6) is 0 Å². The van der Waals surface area contributed by atoms with Crippen molar-refractivity contribution in [1.29, 1.82) is 0 Å². The molecule has 0 unspecified atom stereocenters. The van der Waals surface area contributed by atoms with E-state index in [9.17, 15) is 4.79 Å². The number of nitrogens with one attached hydrogen (secondary N) is 1. The molecule has 0 saturated carbocycles. The van der Waals surface area contributed by atoms with Crippen molar-refractivity contribution in [3.05, 3.63) is 64.8 Å². The highest BCUT2D eigenvalue weighted by molar-refractivity contribution is 5.78. The number of hydrogen-bond donors (Lipinski definition) is 1. The number of aromatic nitrogens is 3. The molecule has 0 bridgehead atoms. The van der Waals surface area contributed by atoms with E-state index >= 15 is 0 Å². The van der Waals surface area contributed by atoms with Crippen LogP contribution in [0.1, 0.15) is 5.69 Å². The van der Waals surface area contributed by atoms with Crippen molar-refractivity contribution in [3.63, 3.8) is 0 Å². The molecule has 1 N–H and O–H groups in total. The summed E-state index contributed by atoms with van der Waals surface area (Å²) in [6.07, 6.45) is 3.34. The molecule has 3 aromatic rings. The van der Waals surface area contributed by atoms with E-state index in [1.165, 1.54) is 0 Å². The number of nitrogens with zero attached hydrogens (tertiary/aromatic N) is 3. The SMILES string of the molecule is CNc1cnc(Cn2c(=O)ccc3ccccc32)cn1. The summed E-state index contributed by atoms with van der Waals surface area (Å²) in [7, 11) is 1.79. The first-order valence-electron chi connectivity index (χ1n) is 6.35. The highest BCUT2D eigenvalue weighted by atomic mass is 16.1. The van der Waals surface area contributed by atoms with Crippen LogP contribution in [0.25, 0.3) is 10.9 Å². The summed E-state index contributed by atoms with van der Waals surface area (Å²) in [5.74, 6) is 0.707. The van der Waals surface area contributed by atoms with Gasteiger partial charge >= 0.3 is 0 Å². The summed E-state index contributed by atoms with van der Waals surface area (Å²) in [4.78, 5) is 20.6. The van der Waals surface area contributed by atoms with Crippen molar-refractivity contribution in [2.75, 3.05) is 12.4 Å². The first kappa shape index (κ1) is 12.3. The molecule has 5 heteroatoms. The minimum atomic E-state index is -0.0387. The smallest absolute Gasteiger partial charge is 0.251 e. The molecule has 100 valence electrons. The van der Waals surface area contributed by atoms with Crippen LogP contribution in [-0.4, -0.2) is 21.6 Å². The number of hydrogen-bond acceptors (Lipinski definition) is 4. The maximum Gasteiger partial charge on any atom is 0.251 e. The second kappa shape index (κ2) is 5.13. The van der Waals surface area contributed by atoms with Crippen LogP contribution in [-0.2, 0) is 6.54 Å². The summed E-state index contributed by atoms with van der Waals surface area (Å²) >= 11 is 0. The molecule has 2 aromatic heterocycles. The molecule has 2 heterocycles. The van der Waals surface area contributed by atoms with Gasteiger partial charge in [-0.25, -0.2) is 4.98 Å². The van der Waals surface area contributed by atoms with Crippen molar-refractivity contribution in [1.82, 2.24) is 14.5 Å². The number of anilines is 1. The van der Waals surface area contributed by atoms with Gasteiger partial charge in [-0.15, -0.1) is 0 Å². The number of pyridine rings is 1. The van der Waals surface area contributed by atoms with Gasteiger partial charge in [-0.05, 0) is 17.5 Å². The topological polar surface area (TPSA) is 59.8 Å². The molecule has 0 amide bonds. The van der Waals surface area contributed by atoms with E-state index in [1.807, 2.05) is 30.3 Å². The lowest BCUT2D eigenvalue weighted by Crippen LogP contribution is -2.20. The van der Waals surface area contributed by atoms with Crippen molar-refractivity contribution in [2.24, 2.45) is 0 Å². The van der Waals surface area contributed by atoms with Crippen LogP contribution >= 0.6 is 0 Å². The standard InChI is InChI=1S/C15H14N4O/c1-16-14-9-17-12(8-18-14)10-19-13-5-3-2-4-11(13)6-7-15(19)20/h2-9H,10H2,1H3,(H,16,18). The Morgan fingerprint density at radius 3 is 2.70 bits per heavy atom. The zero-order valence-corrected chi connectivity index (χ0v) is 11.1. The predicted octanol–water partition coefficient (Wildman–Crippen LogP) is 1.88. The fraction of sp³-hybridized carbons (Fsp3) is 0.133. The predicted molar refractivity (Wildman–Crippen MR) is 78.9 cm³/mol. The molecule has 0 aliphatic rings. The van der Waals surface area contributed by atoms with E-state index < -0.39 is 0 Å². The lowest BCUT2D eigenvalue weighted by atomic mass is 10.2. The van der Waals surface area contributed by atoms with E-state index in [0.29, 0.717) is 12.4 Å². The monoisotopic (exact) mass is 266 g/mol. The summed E-state index contributed by atoms with van der Waals surface area (Å²) in [5, 5.41) is 3.95. The fourth-order valence-corrected chi connectivity index (χ4v) is 2.13. The minimum absolute atomic E-state index is 0.0387. The Kier molecular flexibility index (Phi) is 3.16. The van der Waals surface area contributed by atoms with Gasteiger partial charge < -0.3 is 9.88 Å². The molecule has 0 spiro atoms. The van der Waals surface area contributed by atoms with Gasteiger partial charge in [0.15, 0.2) is 0 Å². The third-order valence-corrected chi connectivity index (χ3v) is 3.18. The van der Waals surface area contributed by atoms with Gasteiger partial charge in [0.1, 0.15) is 5.82 Å². The molecule has 0 fully saturated rings. The Morgan fingerprint density at radius 1 is 1.10 bits per heavy atom. The van der Waals surface area contributed by atoms with Crippen LogP contribution in [0, 0.1) is 0 Å². The van der Waals surface area contributed by atoms with Gasteiger partial charge in [0, 0.05) is 13.1 Å². The molecule has 1 aromatic carbocycles. The zero-order chi connectivity index (χ0) is 13.9. The Bertz CT molecular complexity index is 793. The first-order valence-corrected chi connectivity index (χ1v) is 6.35. The largest absolute Gasteiger partial charge is 0.372 e. The van der Waals surface area contributed by atoms with Crippen LogP contribution < -0.4 is 10.9 Å². The second-order valence-corrected chi connectivity index (χ2v) is 4.46. The van der Waals surface area contributed by atoms with Crippen LogP contribution in [0.15, 0.2) is 53.6 Å². The fourth-order valence-electron chi connectivity index (χ4n) is 2.13. The maximum absolute atomic E-state index is 12.1. The lowest BCUT2D eigenvalue weighted by Gasteiger charge is -2.09. The van der Waals surface area contributed by atoms with Gasteiger partial charge in [0.05, 0.1) is 30.1 Å². The zero-order valence-electron chi connectivity index (χ0n) is 11.1. The summed E-state index contributed by atoms with van der Waals surface area (Å²) in [6.45, 7) is 0.414. The molecule has 0 radical (unpaired) electrons.